The van der Waals surface area contributed by atoms with Gasteiger partial charge in [-0.2, -0.15) is 18.3 Å². The number of hydrogen-bond donors (Lipinski definition) is 1. The summed E-state index contributed by atoms with van der Waals surface area (Å²) in [6.45, 7) is 3.52. The minimum atomic E-state index is -4.50. The van der Waals surface area contributed by atoms with Crippen molar-refractivity contribution in [3.63, 3.8) is 0 Å². The average molecular weight is 222 g/mol. The van der Waals surface area contributed by atoms with Crippen LogP contribution in [0, 0.1) is 5.92 Å². The van der Waals surface area contributed by atoms with Crippen molar-refractivity contribution >= 4 is 0 Å². The third kappa shape index (κ3) is 2.95. The van der Waals surface area contributed by atoms with Crippen molar-refractivity contribution in [1.29, 1.82) is 0 Å². The van der Waals surface area contributed by atoms with Crippen LogP contribution >= 0.6 is 0 Å². The van der Waals surface area contributed by atoms with E-state index < -0.39 is 18.5 Å². The van der Waals surface area contributed by atoms with Crippen LogP contribution in [-0.4, -0.2) is 14.9 Å². The van der Waals surface area contributed by atoms with E-state index in [0.717, 1.165) is 0 Å². The molecule has 1 heterocycles. The molecule has 86 valence electrons. The van der Waals surface area contributed by atoms with Gasteiger partial charge in [0, 0.05) is 18.3 Å². The molecule has 0 unspecified atom stereocenters. The molecule has 0 saturated carbocycles. The topological polar surface area (TPSA) is 38.0 Å². The molecule has 0 saturated heterocycles. The molecule has 0 fully saturated rings. The van der Waals surface area contributed by atoms with Crippen LogP contribution in [0.25, 0.3) is 0 Å². The first-order chi connectivity index (χ1) is 6.84. The summed E-state index contributed by atoms with van der Waals surface area (Å²) in [7, 11) is 0. The monoisotopic (exact) mass is 222 g/mol. The van der Waals surface area contributed by atoms with E-state index in [2.05, 4.69) is 5.10 Å². The number of aromatic nitrogens is 2. The fraction of sp³-hybridized carbons (Fsp3) is 0.667. The summed E-state index contributed by atoms with van der Waals surface area (Å²) in [6.07, 6.45) is -3.26. The molecule has 3 nitrogen and oxygen atoms in total. The van der Waals surface area contributed by atoms with Crippen LogP contribution in [0.2, 0.25) is 0 Å². The van der Waals surface area contributed by atoms with Gasteiger partial charge in [-0.25, -0.2) is 0 Å². The van der Waals surface area contributed by atoms with Crippen molar-refractivity contribution < 1.29 is 18.3 Å². The van der Waals surface area contributed by atoms with Gasteiger partial charge in [0.05, 0.1) is 6.61 Å². The van der Waals surface area contributed by atoms with Gasteiger partial charge in [0.15, 0.2) is 5.69 Å². The molecule has 1 aromatic heterocycles. The molecular formula is C9H13F3N2O. The highest BCUT2D eigenvalue weighted by atomic mass is 19.4. The molecular weight excluding hydrogens is 209 g/mol. The Balaban J connectivity index is 3.01. The van der Waals surface area contributed by atoms with E-state index in [1.54, 1.807) is 0 Å². The normalized spacial score (nSPS) is 12.5. The number of hydrogen-bond acceptors (Lipinski definition) is 2. The Hall–Kier alpha value is -1.04. The predicted octanol–water partition coefficient (Wildman–Crippen LogP) is 2.05. The van der Waals surface area contributed by atoms with Gasteiger partial charge in [-0.15, -0.1) is 0 Å². The maximum absolute atomic E-state index is 12.4. The number of halogens is 3. The number of rotatable bonds is 3. The van der Waals surface area contributed by atoms with E-state index in [1.165, 1.54) is 10.9 Å². The van der Waals surface area contributed by atoms with Crippen molar-refractivity contribution in [2.24, 2.45) is 5.92 Å². The lowest BCUT2D eigenvalue weighted by Gasteiger charge is -2.05. The molecule has 0 radical (unpaired) electrons. The zero-order valence-corrected chi connectivity index (χ0v) is 8.54. The van der Waals surface area contributed by atoms with Gasteiger partial charge in [-0.1, -0.05) is 13.8 Å². The third-order valence-electron chi connectivity index (χ3n) is 1.83. The summed E-state index contributed by atoms with van der Waals surface area (Å²) in [5, 5.41) is 12.2. The molecule has 0 aliphatic carbocycles. The van der Waals surface area contributed by atoms with Crippen LogP contribution in [-0.2, 0) is 19.3 Å². The highest BCUT2D eigenvalue weighted by molar-refractivity contribution is 5.18. The lowest BCUT2D eigenvalue weighted by atomic mass is 10.2. The van der Waals surface area contributed by atoms with E-state index in [9.17, 15) is 13.2 Å². The van der Waals surface area contributed by atoms with Crippen LogP contribution in [0.4, 0.5) is 13.2 Å². The average Bonchev–Trinajstić information content (AvgIpc) is 2.45. The van der Waals surface area contributed by atoms with Gasteiger partial charge in [0.2, 0.25) is 0 Å². The van der Waals surface area contributed by atoms with Crippen molar-refractivity contribution in [2.75, 3.05) is 0 Å². The van der Waals surface area contributed by atoms with Crippen molar-refractivity contribution in [3.05, 3.63) is 17.5 Å². The first kappa shape index (κ1) is 12.0. The molecule has 0 spiro atoms. The molecule has 0 amide bonds. The second-order valence-electron chi connectivity index (χ2n) is 3.77. The molecule has 0 atom stereocenters. The Morgan fingerprint density at radius 3 is 2.40 bits per heavy atom. The predicted molar refractivity (Wildman–Crippen MR) is 48.0 cm³/mol. The second-order valence-corrected chi connectivity index (χ2v) is 3.77. The maximum atomic E-state index is 12.4. The SMILES string of the molecule is CC(C)Cn1cc(CO)c(C(F)(F)F)n1. The van der Waals surface area contributed by atoms with E-state index in [0.29, 0.717) is 6.54 Å². The van der Waals surface area contributed by atoms with Crippen molar-refractivity contribution in [1.82, 2.24) is 9.78 Å². The highest BCUT2D eigenvalue weighted by Crippen LogP contribution is 2.30. The molecule has 1 rings (SSSR count). The maximum Gasteiger partial charge on any atom is 0.435 e. The zero-order chi connectivity index (χ0) is 11.6. The molecule has 0 bridgehead atoms. The number of aliphatic hydroxyl groups excluding tert-OH is 1. The zero-order valence-electron chi connectivity index (χ0n) is 8.54. The van der Waals surface area contributed by atoms with E-state index in [1.807, 2.05) is 13.8 Å². The number of nitrogens with zero attached hydrogens (tertiary/aromatic N) is 2. The summed E-state index contributed by atoms with van der Waals surface area (Å²) in [5.74, 6) is 0.206. The van der Waals surface area contributed by atoms with Gasteiger partial charge < -0.3 is 5.11 Å². The molecule has 1 N–H and O–H groups in total. The van der Waals surface area contributed by atoms with Crippen molar-refractivity contribution in [2.45, 2.75) is 33.2 Å². The standard InChI is InChI=1S/C9H13F3N2O/c1-6(2)3-14-4-7(5-15)8(13-14)9(10,11)12/h4,6,15H,3,5H2,1-2H3. The Morgan fingerprint density at radius 2 is 2.07 bits per heavy atom. The minimum Gasteiger partial charge on any atom is -0.392 e. The van der Waals surface area contributed by atoms with E-state index >= 15 is 0 Å². The fourth-order valence-electron chi connectivity index (χ4n) is 1.28. The summed E-state index contributed by atoms with van der Waals surface area (Å²) < 4.78 is 38.4. The van der Waals surface area contributed by atoms with Crippen LogP contribution in [0.3, 0.4) is 0 Å². The van der Waals surface area contributed by atoms with Gasteiger partial charge in [-0.05, 0) is 5.92 Å². The van der Waals surface area contributed by atoms with Crippen LogP contribution in [0.1, 0.15) is 25.1 Å². The van der Waals surface area contributed by atoms with Gasteiger partial charge in [0.25, 0.3) is 0 Å². The smallest absolute Gasteiger partial charge is 0.392 e. The molecule has 0 aliphatic rings. The molecule has 0 aromatic carbocycles. The Bertz CT molecular complexity index is 331. The van der Waals surface area contributed by atoms with Gasteiger partial charge >= 0.3 is 6.18 Å². The first-order valence-electron chi connectivity index (χ1n) is 4.59. The molecule has 15 heavy (non-hydrogen) atoms. The Morgan fingerprint density at radius 1 is 1.47 bits per heavy atom. The minimum absolute atomic E-state index is 0.178. The van der Waals surface area contributed by atoms with Gasteiger partial charge in [-0.3, -0.25) is 4.68 Å². The summed E-state index contributed by atoms with van der Waals surface area (Å²) >= 11 is 0. The summed E-state index contributed by atoms with van der Waals surface area (Å²) in [5.41, 5.74) is -1.17. The summed E-state index contributed by atoms with van der Waals surface area (Å²) in [6, 6.07) is 0. The second kappa shape index (κ2) is 4.22. The largest absolute Gasteiger partial charge is 0.435 e. The van der Waals surface area contributed by atoms with Gasteiger partial charge in [0.1, 0.15) is 0 Å². The molecule has 0 aliphatic heterocycles. The van der Waals surface area contributed by atoms with Crippen LogP contribution < -0.4 is 0 Å². The first-order valence-corrected chi connectivity index (χ1v) is 4.59. The number of aliphatic hydroxyl groups is 1. The Kier molecular flexibility index (Phi) is 3.38. The molecule has 6 heteroatoms. The Labute approximate surface area is 85.5 Å². The lowest BCUT2D eigenvalue weighted by molar-refractivity contribution is -0.142. The summed E-state index contributed by atoms with van der Waals surface area (Å²) in [4.78, 5) is 0. The quantitative estimate of drug-likeness (QED) is 0.849. The highest BCUT2D eigenvalue weighted by Gasteiger charge is 2.36. The van der Waals surface area contributed by atoms with E-state index in [4.69, 9.17) is 5.11 Å². The fourth-order valence-corrected chi connectivity index (χ4v) is 1.28. The number of alkyl halides is 3. The van der Waals surface area contributed by atoms with Crippen molar-refractivity contribution in [3.8, 4) is 0 Å². The van der Waals surface area contributed by atoms with Crippen LogP contribution in [0.15, 0.2) is 6.20 Å². The van der Waals surface area contributed by atoms with E-state index in [-0.39, 0.29) is 11.5 Å². The van der Waals surface area contributed by atoms with Crippen LogP contribution in [0.5, 0.6) is 0 Å². The molecule has 1 aromatic rings. The third-order valence-corrected chi connectivity index (χ3v) is 1.83. The lowest BCUT2D eigenvalue weighted by Crippen LogP contribution is -2.11.